The molecule has 0 aromatic carbocycles. The third kappa shape index (κ3) is 1.37. The Hall–Kier alpha value is -2.78. The van der Waals surface area contributed by atoms with E-state index in [1.807, 2.05) is 5.10 Å². The zero-order chi connectivity index (χ0) is 11.7. The Balaban J connectivity index is 2.68. The van der Waals surface area contributed by atoms with Crippen molar-refractivity contribution in [1.82, 2.24) is 20.4 Å². The summed E-state index contributed by atoms with van der Waals surface area (Å²) < 4.78 is 0. The molecule has 0 fully saturated rings. The number of rotatable bonds is 3. The van der Waals surface area contributed by atoms with Crippen molar-refractivity contribution in [2.45, 2.75) is 0 Å². The Labute approximate surface area is 86.6 Å². The molecule has 0 spiro atoms. The summed E-state index contributed by atoms with van der Waals surface area (Å²) in [6, 6.07) is 0. The van der Waals surface area contributed by atoms with E-state index in [2.05, 4.69) is 15.3 Å². The fourth-order valence-electron chi connectivity index (χ4n) is 1.24. The van der Waals surface area contributed by atoms with Gasteiger partial charge in [0, 0.05) is 11.8 Å². The van der Waals surface area contributed by atoms with Gasteiger partial charge >= 0.3 is 11.6 Å². The van der Waals surface area contributed by atoms with E-state index in [9.17, 15) is 20.2 Å². The molecular weight excluding hydrogens is 220 g/mol. The third-order valence-electron chi connectivity index (χ3n) is 1.87. The van der Waals surface area contributed by atoms with Crippen molar-refractivity contribution in [2.75, 3.05) is 0 Å². The molecule has 0 aliphatic rings. The van der Waals surface area contributed by atoms with E-state index in [1.54, 1.807) is 0 Å². The first-order valence-electron chi connectivity index (χ1n) is 3.97. The van der Waals surface area contributed by atoms with Gasteiger partial charge in [0.2, 0.25) is 0 Å². The van der Waals surface area contributed by atoms with Crippen LogP contribution in [0.25, 0.3) is 11.1 Å². The first-order valence-corrected chi connectivity index (χ1v) is 3.97. The van der Waals surface area contributed by atoms with Crippen molar-refractivity contribution in [1.29, 1.82) is 0 Å². The van der Waals surface area contributed by atoms with E-state index in [0.717, 1.165) is 0 Å². The van der Waals surface area contributed by atoms with Gasteiger partial charge in [-0.05, 0) is 14.9 Å². The Bertz CT molecular complexity index is 512. The van der Waals surface area contributed by atoms with Gasteiger partial charge in [0.05, 0.1) is 6.20 Å². The number of hydrogen-bond donors (Lipinski definition) is 2. The first kappa shape index (κ1) is 9.76. The zero-order valence-electron chi connectivity index (χ0n) is 7.58. The molecule has 0 aliphatic carbocycles. The van der Waals surface area contributed by atoms with Crippen LogP contribution >= 0.6 is 0 Å². The van der Waals surface area contributed by atoms with Crippen LogP contribution in [0.2, 0.25) is 0 Å². The van der Waals surface area contributed by atoms with Crippen molar-refractivity contribution < 1.29 is 9.85 Å². The predicted octanol–water partition coefficient (Wildman–Crippen LogP) is 0.616. The fraction of sp³-hybridized carbons (Fsp3) is 0. The van der Waals surface area contributed by atoms with Gasteiger partial charge in [-0.2, -0.15) is 5.10 Å². The lowest BCUT2D eigenvalue weighted by Crippen LogP contribution is -1.92. The summed E-state index contributed by atoms with van der Waals surface area (Å²) in [7, 11) is 0. The molecule has 2 N–H and O–H groups in total. The predicted molar refractivity (Wildman–Crippen MR) is 49.5 cm³/mol. The highest BCUT2D eigenvalue weighted by Gasteiger charge is 2.32. The minimum atomic E-state index is -0.800. The van der Waals surface area contributed by atoms with Crippen molar-refractivity contribution >= 4 is 11.6 Å². The molecule has 2 heterocycles. The summed E-state index contributed by atoms with van der Waals surface area (Å²) in [4.78, 5) is 19.7. The lowest BCUT2D eigenvalue weighted by molar-refractivity contribution is -0.392. The molecule has 10 heteroatoms. The van der Waals surface area contributed by atoms with E-state index in [-0.39, 0.29) is 11.1 Å². The number of hydrogen-bond acceptors (Lipinski definition) is 6. The van der Waals surface area contributed by atoms with E-state index in [4.69, 9.17) is 0 Å². The van der Waals surface area contributed by atoms with Gasteiger partial charge in [-0.25, -0.2) is 0 Å². The number of aromatic amines is 2. The van der Waals surface area contributed by atoms with Gasteiger partial charge in [0.15, 0.2) is 5.56 Å². The number of nitrogens with one attached hydrogen (secondary N) is 2. The molecular formula is C6H4N6O4. The largest absolute Gasteiger partial charge is 0.428 e. The SMILES string of the molecule is O=[N+]([O-])c1n[nH]c([N+](=O)[O-])c1-c1cn[nH]c1. The maximum Gasteiger partial charge on any atom is 0.428 e. The lowest BCUT2D eigenvalue weighted by Gasteiger charge is -1.93. The van der Waals surface area contributed by atoms with Crippen LogP contribution in [0, 0.1) is 20.2 Å². The van der Waals surface area contributed by atoms with Gasteiger partial charge in [-0.1, -0.05) is 0 Å². The molecule has 2 aromatic heterocycles. The second kappa shape index (κ2) is 3.42. The number of nitro groups is 2. The maximum atomic E-state index is 10.6. The monoisotopic (exact) mass is 224 g/mol. The van der Waals surface area contributed by atoms with E-state index < -0.39 is 21.5 Å². The van der Waals surface area contributed by atoms with Crippen LogP contribution in [0.3, 0.4) is 0 Å². The summed E-state index contributed by atoms with van der Waals surface area (Å²) in [6.45, 7) is 0. The molecule has 0 bridgehead atoms. The summed E-state index contributed by atoms with van der Waals surface area (Å²) >= 11 is 0. The van der Waals surface area contributed by atoms with Crippen LogP contribution in [0.1, 0.15) is 0 Å². The van der Waals surface area contributed by atoms with Gasteiger partial charge in [0.1, 0.15) is 5.10 Å². The standard InChI is InChI=1S/C6H4N6O4/c13-11(14)5-4(3-1-7-8-2-3)6(10-9-5)12(15)16/h1-2H,(H,7,8)(H,9,10). The van der Waals surface area contributed by atoms with Crippen LogP contribution < -0.4 is 0 Å². The number of H-pyrrole nitrogens is 2. The molecule has 10 nitrogen and oxygen atoms in total. The van der Waals surface area contributed by atoms with Gasteiger partial charge in [-0.3, -0.25) is 5.10 Å². The molecule has 0 saturated heterocycles. The maximum absolute atomic E-state index is 10.6. The Kier molecular flexibility index (Phi) is 2.08. The molecule has 2 rings (SSSR count). The minimum absolute atomic E-state index is 0.191. The van der Waals surface area contributed by atoms with Crippen molar-refractivity contribution in [3.05, 3.63) is 32.6 Å². The summed E-state index contributed by atoms with van der Waals surface area (Å²) in [5.74, 6) is -1.14. The van der Waals surface area contributed by atoms with Crippen LogP contribution in [0.4, 0.5) is 11.6 Å². The number of nitrogens with zero attached hydrogens (tertiary/aromatic N) is 4. The molecule has 0 amide bonds. The topological polar surface area (TPSA) is 144 Å². The van der Waals surface area contributed by atoms with Crippen molar-refractivity contribution in [3.8, 4) is 11.1 Å². The van der Waals surface area contributed by atoms with E-state index >= 15 is 0 Å². The molecule has 82 valence electrons. The molecule has 0 atom stereocenters. The Morgan fingerprint density at radius 2 is 2.00 bits per heavy atom. The third-order valence-corrected chi connectivity index (χ3v) is 1.87. The van der Waals surface area contributed by atoms with Crippen LogP contribution in [0.5, 0.6) is 0 Å². The molecule has 2 aromatic rings. The number of aromatic nitrogens is 4. The smallest absolute Gasteiger partial charge is 0.358 e. The van der Waals surface area contributed by atoms with Crippen LogP contribution in [0.15, 0.2) is 12.4 Å². The van der Waals surface area contributed by atoms with Crippen LogP contribution in [-0.2, 0) is 0 Å². The molecule has 0 unspecified atom stereocenters. The molecule has 0 aliphatic heterocycles. The summed E-state index contributed by atoms with van der Waals surface area (Å²) in [5.41, 5.74) is 0.0379. The van der Waals surface area contributed by atoms with Gasteiger partial charge in [-0.15, -0.1) is 0 Å². The summed E-state index contributed by atoms with van der Waals surface area (Å²) in [5, 5.41) is 32.5. The Morgan fingerprint density at radius 3 is 2.50 bits per heavy atom. The average molecular weight is 224 g/mol. The quantitative estimate of drug-likeness (QED) is 0.577. The normalized spacial score (nSPS) is 10.2. The molecule has 0 saturated carbocycles. The molecule has 0 radical (unpaired) electrons. The van der Waals surface area contributed by atoms with Crippen molar-refractivity contribution in [3.63, 3.8) is 0 Å². The second-order valence-corrected chi connectivity index (χ2v) is 2.77. The highest BCUT2D eigenvalue weighted by atomic mass is 16.6. The van der Waals surface area contributed by atoms with Crippen molar-refractivity contribution in [2.24, 2.45) is 0 Å². The van der Waals surface area contributed by atoms with E-state index in [1.165, 1.54) is 12.4 Å². The minimum Gasteiger partial charge on any atom is -0.358 e. The highest BCUT2D eigenvalue weighted by molar-refractivity contribution is 5.77. The highest BCUT2D eigenvalue weighted by Crippen LogP contribution is 2.34. The Morgan fingerprint density at radius 1 is 1.25 bits per heavy atom. The first-order chi connectivity index (χ1) is 7.61. The summed E-state index contributed by atoms with van der Waals surface area (Å²) in [6.07, 6.45) is 2.55. The van der Waals surface area contributed by atoms with E-state index in [0.29, 0.717) is 0 Å². The average Bonchev–Trinajstić information content (AvgIpc) is 2.85. The lowest BCUT2D eigenvalue weighted by atomic mass is 10.2. The van der Waals surface area contributed by atoms with Crippen LogP contribution in [-0.4, -0.2) is 30.2 Å². The zero-order valence-corrected chi connectivity index (χ0v) is 7.58. The van der Waals surface area contributed by atoms with Gasteiger partial charge < -0.3 is 20.2 Å². The van der Waals surface area contributed by atoms with Gasteiger partial charge in [0.25, 0.3) is 0 Å². The molecule has 16 heavy (non-hydrogen) atoms. The fourth-order valence-corrected chi connectivity index (χ4v) is 1.24. The second-order valence-electron chi connectivity index (χ2n) is 2.77.